The highest BCUT2D eigenvalue weighted by Crippen LogP contribution is 2.20. The highest BCUT2D eigenvalue weighted by Gasteiger charge is 2.24. The topological polar surface area (TPSA) is 15.3 Å². The second-order valence-corrected chi connectivity index (χ2v) is 5.97. The predicted molar refractivity (Wildman–Crippen MR) is 71.7 cm³/mol. The van der Waals surface area contributed by atoms with Gasteiger partial charge in [-0.15, -0.1) is 0 Å². The lowest BCUT2D eigenvalue weighted by molar-refractivity contribution is 0.0989. The Bertz CT molecular complexity index is 183. The Kier molecular flexibility index (Phi) is 5.77. The molecule has 1 rings (SSSR count). The Morgan fingerprint density at radius 3 is 2.06 bits per heavy atom. The molecule has 0 radical (unpaired) electrons. The second-order valence-electron chi connectivity index (χ2n) is 5.97. The highest BCUT2D eigenvalue weighted by atomic mass is 15.2. The number of hydrogen-bond donors (Lipinski definition) is 1. The molecule has 0 spiro atoms. The molecule has 16 heavy (non-hydrogen) atoms. The van der Waals surface area contributed by atoms with Crippen molar-refractivity contribution in [1.82, 2.24) is 10.2 Å². The van der Waals surface area contributed by atoms with Gasteiger partial charge in [0, 0.05) is 18.6 Å². The Morgan fingerprint density at radius 1 is 1.06 bits per heavy atom. The van der Waals surface area contributed by atoms with Gasteiger partial charge in [0.25, 0.3) is 0 Å². The number of nitrogens with one attached hydrogen (secondary N) is 1. The lowest BCUT2D eigenvalue weighted by atomic mass is 9.94. The summed E-state index contributed by atoms with van der Waals surface area (Å²) in [6.07, 6.45) is 2.71. The third kappa shape index (κ3) is 4.06. The average molecular weight is 226 g/mol. The molecular formula is C14H30N2. The van der Waals surface area contributed by atoms with Crippen LogP contribution in [0.4, 0.5) is 0 Å². The maximum absolute atomic E-state index is 3.45. The minimum atomic E-state index is 0.673. The van der Waals surface area contributed by atoms with Gasteiger partial charge < -0.3 is 5.32 Å². The van der Waals surface area contributed by atoms with Crippen LogP contribution in [-0.2, 0) is 0 Å². The quantitative estimate of drug-likeness (QED) is 0.775. The highest BCUT2D eigenvalue weighted by molar-refractivity contribution is 4.79. The summed E-state index contributed by atoms with van der Waals surface area (Å²) < 4.78 is 0. The van der Waals surface area contributed by atoms with Crippen LogP contribution >= 0.6 is 0 Å². The van der Waals surface area contributed by atoms with Crippen LogP contribution in [0.1, 0.15) is 47.5 Å². The third-order valence-electron chi connectivity index (χ3n) is 4.08. The molecule has 1 fully saturated rings. The molecule has 1 saturated heterocycles. The van der Waals surface area contributed by atoms with Crippen LogP contribution in [0.15, 0.2) is 0 Å². The van der Waals surface area contributed by atoms with Crippen LogP contribution in [0.3, 0.4) is 0 Å². The zero-order valence-electron chi connectivity index (χ0n) is 11.8. The zero-order chi connectivity index (χ0) is 12.1. The van der Waals surface area contributed by atoms with Crippen molar-refractivity contribution in [2.24, 2.45) is 11.8 Å². The molecule has 0 aromatic heterocycles. The SMILES string of the molecule is CC(C)C(C)N(CC1CCNCC1)C(C)C. The van der Waals surface area contributed by atoms with E-state index in [0.717, 1.165) is 11.8 Å². The van der Waals surface area contributed by atoms with E-state index in [1.807, 2.05) is 0 Å². The smallest absolute Gasteiger partial charge is 0.00927 e. The standard InChI is InChI=1S/C14H30N2/c1-11(2)13(5)16(12(3)4)10-14-6-8-15-9-7-14/h11-15H,6-10H2,1-5H3. The van der Waals surface area contributed by atoms with Crippen LogP contribution in [0, 0.1) is 11.8 Å². The van der Waals surface area contributed by atoms with Gasteiger partial charge in [-0.2, -0.15) is 0 Å². The molecule has 0 aliphatic carbocycles. The second kappa shape index (κ2) is 6.61. The summed E-state index contributed by atoms with van der Waals surface area (Å²) in [5, 5.41) is 3.45. The minimum Gasteiger partial charge on any atom is -0.317 e. The summed E-state index contributed by atoms with van der Waals surface area (Å²) in [4.78, 5) is 2.70. The van der Waals surface area contributed by atoms with Gasteiger partial charge >= 0.3 is 0 Å². The fraction of sp³-hybridized carbons (Fsp3) is 1.00. The van der Waals surface area contributed by atoms with Crippen molar-refractivity contribution in [2.75, 3.05) is 19.6 Å². The first-order chi connectivity index (χ1) is 7.52. The summed E-state index contributed by atoms with van der Waals surface area (Å²) in [7, 11) is 0. The lowest BCUT2D eigenvalue weighted by Crippen LogP contribution is -2.46. The summed E-state index contributed by atoms with van der Waals surface area (Å²) in [5.74, 6) is 1.66. The monoisotopic (exact) mass is 226 g/mol. The number of nitrogens with zero attached hydrogens (tertiary/aromatic N) is 1. The van der Waals surface area contributed by atoms with Crippen LogP contribution < -0.4 is 5.32 Å². The number of piperidine rings is 1. The first-order valence-electron chi connectivity index (χ1n) is 6.98. The van der Waals surface area contributed by atoms with Crippen molar-refractivity contribution in [2.45, 2.75) is 59.5 Å². The Hall–Kier alpha value is -0.0800. The molecule has 1 atom stereocenters. The molecular weight excluding hydrogens is 196 g/mol. The Labute approximate surface area is 102 Å². The summed E-state index contributed by atoms with van der Waals surface area (Å²) >= 11 is 0. The van der Waals surface area contributed by atoms with Gasteiger partial charge in [-0.1, -0.05) is 13.8 Å². The molecule has 1 unspecified atom stereocenters. The van der Waals surface area contributed by atoms with Crippen LogP contribution in [0.5, 0.6) is 0 Å². The maximum Gasteiger partial charge on any atom is 0.00927 e. The van der Waals surface area contributed by atoms with Gasteiger partial charge in [0.2, 0.25) is 0 Å². The lowest BCUT2D eigenvalue weighted by Gasteiger charge is -2.38. The van der Waals surface area contributed by atoms with E-state index in [-0.39, 0.29) is 0 Å². The van der Waals surface area contributed by atoms with E-state index >= 15 is 0 Å². The minimum absolute atomic E-state index is 0.673. The summed E-state index contributed by atoms with van der Waals surface area (Å²) in [6.45, 7) is 15.4. The maximum atomic E-state index is 3.45. The third-order valence-corrected chi connectivity index (χ3v) is 4.08. The van der Waals surface area contributed by atoms with E-state index in [1.54, 1.807) is 0 Å². The molecule has 1 heterocycles. The van der Waals surface area contributed by atoms with Crippen LogP contribution in [0.2, 0.25) is 0 Å². The predicted octanol–water partition coefficient (Wildman–Crippen LogP) is 2.74. The van der Waals surface area contributed by atoms with Gasteiger partial charge in [0.05, 0.1) is 0 Å². The van der Waals surface area contributed by atoms with Crippen molar-refractivity contribution in [3.63, 3.8) is 0 Å². The Balaban J connectivity index is 2.49. The molecule has 2 nitrogen and oxygen atoms in total. The van der Waals surface area contributed by atoms with Gasteiger partial charge in [-0.05, 0) is 58.5 Å². The molecule has 2 heteroatoms. The fourth-order valence-electron chi connectivity index (χ4n) is 2.59. The number of rotatable bonds is 5. The Morgan fingerprint density at radius 2 is 1.62 bits per heavy atom. The van der Waals surface area contributed by atoms with Crippen molar-refractivity contribution in [3.8, 4) is 0 Å². The molecule has 1 aliphatic heterocycles. The van der Waals surface area contributed by atoms with Gasteiger partial charge in [0.15, 0.2) is 0 Å². The molecule has 1 aliphatic rings. The molecule has 0 saturated carbocycles. The van der Waals surface area contributed by atoms with Crippen LogP contribution in [-0.4, -0.2) is 36.6 Å². The van der Waals surface area contributed by atoms with E-state index in [4.69, 9.17) is 0 Å². The summed E-state index contributed by atoms with van der Waals surface area (Å²) in [5.41, 5.74) is 0. The fourth-order valence-corrected chi connectivity index (χ4v) is 2.59. The summed E-state index contributed by atoms with van der Waals surface area (Å²) in [6, 6.07) is 1.38. The van der Waals surface area contributed by atoms with Crippen molar-refractivity contribution in [1.29, 1.82) is 0 Å². The van der Waals surface area contributed by atoms with Crippen molar-refractivity contribution < 1.29 is 0 Å². The van der Waals surface area contributed by atoms with Gasteiger partial charge in [-0.25, -0.2) is 0 Å². The van der Waals surface area contributed by atoms with Gasteiger partial charge in [0.1, 0.15) is 0 Å². The van der Waals surface area contributed by atoms with E-state index in [2.05, 4.69) is 44.8 Å². The van der Waals surface area contributed by atoms with E-state index in [1.165, 1.54) is 32.5 Å². The normalized spacial score (nSPS) is 21.0. The molecule has 0 bridgehead atoms. The molecule has 96 valence electrons. The van der Waals surface area contributed by atoms with Crippen molar-refractivity contribution >= 4 is 0 Å². The van der Waals surface area contributed by atoms with E-state index in [0.29, 0.717) is 12.1 Å². The first-order valence-corrected chi connectivity index (χ1v) is 6.98. The zero-order valence-corrected chi connectivity index (χ0v) is 11.8. The molecule has 0 aromatic carbocycles. The first kappa shape index (κ1) is 14.0. The molecule has 0 aromatic rings. The average Bonchev–Trinajstić information content (AvgIpc) is 2.26. The van der Waals surface area contributed by atoms with Gasteiger partial charge in [-0.3, -0.25) is 4.90 Å². The van der Waals surface area contributed by atoms with E-state index < -0.39 is 0 Å². The van der Waals surface area contributed by atoms with Crippen molar-refractivity contribution in [3.05, 3.63) is 0 Å². The van der Waals surface area contributed by atoms with E-state index in [9.17, 15) is 0 Å². The molecule has 0 amide bonds. The van der Waals surface area contributed by atoms with Crippen LogP contribution in [0.25, 0.3) is 0 Å². The number of hydrogen-bond acceptors (Lipinski definition) is 2. The molecule has 1 N–H and O–H groups in total. The largest absolute Gasteiger partial charge is 0.317 e.